The van der Waals surface area contributed by atoms with Gasteiger partial charge in [-0.25, -0.2) is 0 Å². The van der Waals surface area contributed by atoms with Crippen LogP contribution in [0.25, 0.3) is 11.3 Å². The van der Waals surface area contributed by atoms with Crippen molar-refractivity contribution in [3.05, 3.63) is 78.1 Å². The summed E-state index contributed by atoms with van der Waals surface area (Å²) in [6.07, 6.45) is -4.33. The molecule has 0 saturated heterocycles. The zero-order valence-electron chi connectivity index (χ0n) is 12.1. The lowest BCUT2D eigenvalue weighted by molar-refractivity contribution is -0.137. The van der Waals surface area contributed by atoms with Gasteiger partial charge in [-0.05, 0) is 36.4 Å². The van der Waals surface area contributed by atoms with Gasteiger partial charge in [0.25, 0.3) is 0 Å². The predicted molar refractivity (Wildman–Crippen MR) is 82.9 cm³/mol. The maximum Gasteiger partial charge on any atom is 0.416 e. The summed E-state index contributed by atoms with van der Waals surface area (Å²) in [5, 5.41) is 3.21. The minimum Gasteiger partial charge on any atom is -0.459 e. The largest absolute Gasteiger partial charge is 0.459 e. The van der Waals surface area contributed by atoms with Crippen LogP contribution < -0.4 is 5.32 Å². The molecule has 23 heavy (non-hydrogen) atoms. The van der Waals surface area contributed by atoms with Crippen LogP contribution in [-0.2, 0) is 12.7 Å². The van der Waals surface area contributed by atoms with E-state index in [0.29, 0.717) is 23.6 Å². The van der Waals surface area contributed by atoms with E-state index in [1.165, 1.54) is 12.1 Å². The number of alkyl halides is 3. The van der Waals surface area contributed by atoms with Crippen LogP contribution in [0.3, 0.4) is 0 Å². The Kier molecular flexibility index (Phi) is 4.10. The molecule has 0 aliphatic carbocycles. The smallest absolute Gasteiger partial charge is 0.416 e. The van der Waals surface area contributed by atoms with Gasteiger partial charge >= 0.3 is 6.18 Å². The molecule has 118 valence electrons. The Morgan fingerprint density at radius 1 is 0.826 bits per heavy atom. The standard InChI is InChI=1S/C18H14F3NO/c19-18(20,21)14-8-6-13(7-9-14)17-11-10-16(23-17)12-22-15-4-2-1-3-5-15/h1-11,22H,12H2. The van der Waals surface area contributed by atoms with Crippen molar-refractivity contribution in [3.63, 3.8) is 0 Å². The number of nitrogens with one attached hydrogen (secondary N) is 1. The van der Waals surface area contributed by atoms with Crippen molar-refractivity contribution < 1.29 is 17.6 Å². The van der Waals surface area contributed by atoms with E-state index < -0.39 is 11.7 Å². The van der Waals surface area contributed by atoms with Gasteiger partial charge in [0.1, 0.15) is 11.5 Å². The summed E-state index contributed by atoms with van der Waals surface area (Å²) >= 11 is 0. The van der Waals surface area contributed by atoms with E-state index in [1.54, 1.807) is 6.07 Å². The first-order valence-corrected chi connectivity index (χ1v) is 7.08. The summed E-state index contributed by atoms with van der Waals surface area (Å²) in [7, 11) is 0. The Bertz CT molecular complexity index is 761. The number of anilines is 1. The van der Waals surface area contributed by atoms with E-state index in [1.807, 2.05) is 36.4 Å². The number of para-hydroxylation sites is 1. The van der Waals surface area contributed by atoms with Gasteiger partial charge in [-0.2, -0.15) is 13.2 Å². The molecular weight excluding hydrogens is 303 g/mol. The van der Waals surface area contributed by atoms with Gasteiger partial charge in [-0.1, -0.05) is 30.3 Å². The van der Waals surface area contributed by atoms with Crippen LogP contribution in [0.5, 0.6) is 0 Å². The van der Waals surface area contributed by atoms with E-state index in [4.69, 9.17) is 4.42 Å². The number of rotatable bonds is 4. The van der Waals surface area contributed by atoms with Crippen LogP contribution in [0.1, 0.15) is 11.3 Å². The quantitative estimate of drug-likeness (QED) is 0.680. The van der Waals surface area contributed by atoms with Crippen LogP contribution in [-0.4, -0.2) is 0 Å². The van der Waals surface area contributed by atoms with Crippen molar-refractivity contribution in [2.45, 2.75) is 12.7 Å². The van der Waals surface area contributed by atoms with Gasteiger partial charge in [0.05, 0.1) is 12.1 Å². The third-order valence-corrected chi connectivity index (χ3v) is 3.40. The molecule has 5 heteroatoms. The molecule has 2 nitrogen and oxygen atoms in total. The van der Waals surface area contributed by atoms with E-state index in [-0.39, 0.29) is 0 Å². The third-order valence-electron chi connectivity index (χ3n) is 3.40. The summed E-state index contributed by atoms with van der Waals surface area (Å²) in [6.45, 7) is 0.505. The minimum atomic E-state index is -4.33. The maximum atomic E-state index is 12.6. The molecule has 0 fully saturated rings. The monoisotopic (exact) mass is 317 g/mol. The molecule has 1 N–H and O–H groups in total. The Hall–Kier alpha value is -2.69. The molecule has 0 spiro atoms. The normalized spacial score (nSPS) is 11.4. The van der Waals surface area contributed by atoms with E-state index >= 15 is 0 Å². The molecule has 0 aliphatic rings. The van der Waals surface area contributed by atoms with Crippen molar-refractivity contribution in [2.75, 3.05) is 5.32 Å². The molecule has 3 rings (SSSR count). The van der Waals surface area contributed by atoms with Crippen molar-refractivity contribution in [1.82, 2.24) is 0 Å². The fourth-order valence-corrected chi connectivity index (χ4v) is 2.20. The van der Waals surface area contributed by atoms with Crippen LogP contribution in [0, 0.1) is 0 Å². The van der Waals surface area contributed by atoms with E-state index in [0.717, 1.165) is 17.8 Å². The van der Waals surface area contributed by atoms with Crippen LogP contribution >= 0.6 is 0 Å². The SMILES string of the molecule is FC(F)(F)c1ccc(-c2ccc(CNc3ccccc3)o2)cc1. The van der Waals surface area contributed by atoms with Gasteiger partial charge in [-0.3, -0.25) is 0 Å². The van der Waals surface area contributed by atoms with Crippen molar-refractivity contribution >= 4 is 5.69 Å². The van der Waals surface area contributed by atoms with Crippen molar-refractivity contribution in [1.29, 1.82) is 0 Å². The maximum absolute atomic E-state index is 12.6. The number of hydrogen-bond donors (Lipinski definition) is 1. The van der Waals surface area contributed by atoms with Crippen LogP contribution in [0.2, 0.25) is 0 Å². The number of furan rings is 1. The van der Waals surface area contributed by atoms with Gasteiger partial charge in [0.2, 0.25) is 0 Å². The summed E-state index contributed by atoms with van der Waals surface area (Å²) in [6, 6.07) is 18.2. The zero-order valence-corrected chi connectivity index (χ0v) is 12.1. The van der Waals surface area contributed by atoms with Gasteiger partial charge in [-0.15, -0.1) is 0 Å². The van der Waals surface area contributed by atoms with Crippen LogP contribution in [0.4, 0.5) is 18.9 Å². The first-order chi connectivity index (χ1) is 11.0. The number of hydrogen-bond acceptors (Lipinski definition) is 2. The highest BCUT2D eigenvalue weighted by Gasteiger charge is 2.30. The molecular formula is C18H14F3NO. The second-order valence-corrected chi connectivity index (χ2v) is 5.06. The fourth-order valence-electron chi connectivity index (χ4n) is 2.20. The van der Waals surface area contributed by atoms with E-state index in [2.05, 4.69) is 5.32 Å². The lowest BCUT2D eigenvalue weighted by atomic mass is 10.1. The second kappa shape index (κ2) is 6.20. The highest BCUT2D eigenvalue weighted by Crippen LogP contribution is 2.31. The molecule has 0 saturated carbocycles. The zero-order chi connectivity index (χ0) is 16.3. The van der Waals surface area contributed by atoms with Crippen LogP contribution in [0.15, 0.2) is 71.1 Å². The predicted octanol–water partition coefficient (Wildman–Crippen LogP) is 5.58. The molecule has 1 heterocycles. The average molecular weight is 317 g/mol. The molecule has 0 unspecified atom stereocenters. The summed E-state index contributed by atoms with van der Waals surface area (Å²) in [5.74, 6) is 1.26. The number of halogens is 3. The Morgan fingerprint density at radius 3 is 2.17 bits per heavy atom. The first kappa shape index (κ1) is 15.2. The third kappa shape index (κ3) is 3.74. The summed E-state index contributed by atoms with van der Waals surface area (Å²) in [4.78, 5) is 0. The molecule has 0 aliphatic heterocycles. The Labute approximate surface area is 131 Å². The first-order valence-electron chi connectivity index (χ1n) is 7.08. The molecule has 2 aromatic carbocycles. The second-order valence-electron chi connectivity index (χ2n) is 5.06. The lowest BCUT2D eigenvalue weighted by Gasteiger charge is -2.06. The fraction of sp³-hybridized carbons (Fsp3) is 0.111. The summed E-state index contributed by atoms with van der Waals surface area (Å²) < 4.78 is 43.3. The van der Waals surface area contributed by atoms with Crippen molar-refractivity contribution in [2.24, 2.45) is 0 Å². The summed E-state index contributed by atoms with van der Waals surface area (Å²) in [5.41, 5.74) is 0.919. The topological polar surface area (TPSA) is 25.2 Å². The molecule has 1 aromatic heterocycles. The van der Waals surface area contributed by atoms with Gasteiger partial charge in [0, 0.05) is 11.3 Å². The highest BCUT2D eigenvalue weighted by atomic mass is 19.4. The molecule has 0 bridgehead atoms. The minimum absolute atomic E-state index is 0.505. The van der Waals surface area contributed by atoms with Gasteiger partial charge < -0.3 is 9.73 Å². The molecule has 0 radical (unpaired) electrons. The van der Waals surface area contributed by atoms with E-state index in [9.17, 15) is 13.2 Å². The number of benzene rings is 2. The van der Waals surface area contributed by atoms with Crippen molar-refractivity contribution in [3.8, 4) is 11.3 Å². The average Bonchev–Trinajstić information content (AvgIpc) is 3.02. The molecule has 3 aromatic rings. The Balaban J connectivity index is 1.69. The Morgan fingerprint density at radius 2 is 1.52 bits per heavy atom. The molecule has 0 atom stereocenters. The lowest BCUT2D eigenvalue weighted by Crippen LogP contribution is -2.03. The highest BCUT2D eigenvalue weighted by molar-refractivity contribution is 5.58. The van der Waals surface area contributed by atoms with Gasteiger partial charge in [0.15, 0.2) is 0 Å². The molecule has 0 amide bonds.